The molecule has 172 valence electrons. The molecule has 1 saturated carbocycles. The van der Waals surface area contributed by atoms with Crippen LogP contribution in [0.25, 0.3) is 0 Å². The van der Waals surface area contributed by atoms with Crippen molar-refractivity contribution < 1.29 is 14.6 Å². The highest BCUT2D eigenvalue weighted by molar-refractivity contribution is 5.52. The van der Waals surface area contributed by atoms with Gasteiger partial charge in [-0.25, -0.2) is 0 Å². The molecule has 1 aliphatic heterocycles. The number of hydrogen-bond donors (Lipinski definition) is 2. The molecule has 3 rings (SSSR count). The molecule has 1 aromatic carbocycles. The number of methoxy groups -OCH3 is 1. The maximum atomic E-state index is 7.00. The Morgan fingerprint density at radius 2 is 1.52 bits per heavy atom. The fourth-order valence-corrected chi connectivity index (χ4v) is 3.85. The molecule has 29 heavy (non-hydrogen) atoms. The van der Waals surface area contributed by atoms with E-state index in [1.54, 1.807) is 7.11 Å². The Kier molecular flexibility index (Phi) is 17.8. The van der Waals surface area contributed by atoms with E-state index in [-0.39, 0.29) is 6.10 Å². The maximum absolute atomic E-state index is 7.00. The van der Waals surface area contributed by atoms with Crippen molar-refractivity contribution in [1.29, 1.82) is 0 Å². The zero-order valence-corrected chi connectivity index (χ0v) is 20.5. The summed E-state index contributed by atoms with van der Waals surface area (Å²) in [7, 11) is 4.90. The fourth-order valence-electron chi connectivity index (χ4n) is 3.85. The Balaban J connectivity index is 0. The molecule has 2 fully saturated rings. The molecule has 0 aromatic heterocycles. The van der Waals surface area contributed by atoms with Crippen molar-refractivity contribution in [1.82, 2.24) is 4.90 Å². The van der Waals surface area contributed by atoms with Crippen molar-refractivity contribution in [3.8, 4) is 11.5 Å². The van der Waals surface area contributed by atoms with Crippen molar-refractivity contribution in [3.63, 3.8) is 0 Å². The van der Waals surface area contributed by atoms with E-state index in [0.717, 1.165) is 37.1 Å². The van der Waals surface area contributed by atoms with Crippen LogP contribution in [0.15, 0.2) is 18.2 Å². The van der Waals surface area contributed by atoms with Gasteiger partial charge in [-0.05, 0) is 63.2 Å². The Labute approximate surface area is 180 Å². The summed E-state index contributed by atoms with van der Waals surface area (Å²) in [6.45, 7) is 14.5. The molecule has 1 aromatic rings. The smallest absolute Gasteiger partial charge is 0.163 e. The second-order valence-corrected chi connectivity index (χ2v) is 6.72. The SMILES string of the molecule is CC.CC.CC.CO.COc1ccc(N)cc1OC1CCC2(CC1)CCN(C)C2. The topological polar surface area (TPSA) is 68.0 Å². The largest absolute Gasteiger partial charge is 0.493 e. The zero-order valence-electron chi connectivity index (χ0n) is 20.5. The summed E-state index contributed by atoms with van der Waals surface area (Å²) < 4.78 is 11.5. The quantitative estimate of drug-likeness (QED) is 0.632. The fraction of sp³-hybridized carbons (Fsp3) is 0.750. The van der Waals surface area contributed by atoms with E-state index in [9.17, 15) is 0 Å². The number of nitrogens with two attached hydrogens (primary N) is 1. The lowest BCUT2D eigenvalue weighted by Gasteiger charge is -2.37. The summed E-state index contributed by atoms with van der Waals surface area (Å²) in [5, 5.41) is 7.00. The minimum absolute atomic E-state index is 0.289. The molecule has 1 spiro atoms. The van der Waals surface area contributed by atoms with Crippen LogP contribution >= 0.6 is 0 Å². The summed E-state index contributed by atoms with van der Waals surface area (Å²) >= 11 is 0. The second kappa shape index (κ2) is 17.4. The number of anilines is 1. The average Bonchev–Trinajstić information content (AvgIpc) is 3.16. The normalized spacial score (nSPS) is 22.3. The van der Waals surface area contributed by atoms with E-state index in [1.165, 1.54) is 32.4 Å². The highest BCUT2D eigenvalue weighted by Gasteiger charge is 2.40. The van der Waals surface area contributed by atoms with Crippen LogP contribution in [0, 0.1) is 5.41 Å². The summed E-state index contributed by atoms with van der Waals surface area (Å²) in [6, 6.07) is 5.59. The van der Waals surface area contributed by atoms with Crippen LogP contribution in [0.3, 0.4) is 0 Å². The lowest BCUT2D eigenvalue weighted by Crippen LogP contribution is -2.34. The Bertz CT molecular complexity index is 501. The third-order valence-electron chi connectivity index (χ3n) is 5.10. The van der Waals surface area contributed by atoms with E-state index >= 15 is 0 Å². The van der Waals surface area contributed by atoms with E-state index in [1.807, 2.05) is 59.7 Å². The number of likely N-dealkylation sites (tertiary alicyclic amines) is 1. The van der Waals surface area contributed by atoms with Gasteiger partial charge in [0.15, 0.2) is 11.5 Å². The first-order valence-electron chi connectivity index (χ1n) is 11.3. The van der Waals surface area contributed by atoms with Gasteiger partial charge in [0.1, 0.15) is 0 Å². The molecular weight excluding hydrogens is 364 g/mol. The third kappa shape index (κ3) is 9.72. The molecular formula is C24H48N2O3. The van der Waals surface area contributed by atoms with Crippen molar-refractivity contribution in [2.75, 3.05) is 40.1 Å². The summed E-state index contributed by atoms with van der Waals surface area (Å²) in [5.41, 5.74) is 7.12. The monoisotopic (exact) mass is 412 g/mol. The van der Waals surface area contributed by atoms with Crippen molar-refractivity contribution in [2.45, 2.75) is 79.8 Å². The van der Waals surface area contributed by atoms with Crippen molar-refractivity contribution in [3.05, 3.63) is 18.2 Å². The molecule has 5 nitrogen and oxygen atoms in total. The number of aliphatic hydroxyl groups excluding tert-OH is 1. The summed E-state index contributed by atoms with van der Waals surface area (Å²) in [6.07, 6.45) is 6.44. The van der Waals surface area contributed by atoms with E-state index in [0.29, 0.717) is 5.41 Å². The van der Waals surface area contributed by atoms with Crippen LogP contribution < -0.4 is 15.2 Å². The van der Waals surface area contributed by atoms with Gasteiger partial charge in [-0.2, -0.15) is 0 Å². The number of aliphatic hydroxyl groups is 1. The molecule has 1 saturated heterocycles. The van der Waals surface area contributed by atoms with Crippen LogP contribution in [0.1, 0.15) is 73.6 Å². The molecule has 2 aliphatic rings. The molecule has 0 bridgehead atoms. The zero-order chi connectivity index (χ0) is 22.9. The van der Waals surface area contributed by atoms with E-state index in [2.05, 4.69) is 11.9 Å². The van der Waals surface area contributed by atoms with E-state index in [4.69, 9.17) is 20.3 Å². The first-order chi connectivity index (χ1) is 14.1. The number of rotatable bonds is 3. The first-order valence-corrected chi connectivity index (χ1v) is 11.3. The van der Waals surface area contributed by atoms with Crippen LogP contribution in [0.2, 0.25) is 0 Å². The standard InChI is InChI=1S/C17H26N2O2.3C2H6.CH4O/c1-19-10-9-17(12-19)7-5-14(6-8-17)21-16-11-13(18)3-4-15(16)20-2;4*1-2/h3-4,11,14H,5-10,12,18H2,1-2H3;3*1-2H3;2H,1H3. The minimum atomic E-state index is 0.289. The summed E-state index contributed by atoms with van der Waals surface area (Å²) in [4.78, 5) is 2.46. The van der Waals surface area contributed by atoms with Gasteiger partial charge in [0, 0.05) is 25.4 Å². The number of nitrogen functional groups attached to an aromatic ring is 1. The molecule has 0 unspecified atom stereocenters. The lowest BCUT2D eigenvalue weighted by molar-refractivity contribution is 0.0821. The number of benzene rings is 1. The summed E-state index contributed by atoms with van der Waals surface area (Å²) in [5.74, 6) is 1.55. The highest BCUT2D eigenvalue weighted by atomic mass is 16.5. The molecule has 0 amide bonds. The number of hydrogen-bond acceptors (Lipinski definition) is 5. The van der Waals surface area contributed by atoms with Gasteiger partial charge in [-0.3, -0.25) is 0 Å². The van der Waals surface area contributed by atoms with Crippen LogP contribution in [-0.4, -0.2) is 50.5 Å². The Morgan fingerprint density at radius 1 is 0.966 bits per heavy atom. The van der Waals surface area contributed by atoms with Crippen LogP contribution in [0.5, 0.6) is 11.5 Å². The minimum Gasteiger partial charge on any atom is -0.493 e. The molecule has 0 atom stereocenters. The molecule has 1 aliphatic carbocycles. The predicted molar refractivity (Wildman–Crippen MR) is 127 cm³/mol. The van der Waals surface area contributed by atoms with Gasteiger partial charge in [0.25, 0.3) is 0 Å². The third-order valence-corrected chi connectivity index (χ3v) is 5.10. The second-order valence-electron chi connectivity index (χ2n) is 6.72. The highest BCUT2D eigenvalue weighted by Crippen LogP contribution is 2.44. The van der Waals surface area contributed by atoms with Gasteiger partial charge in [-0.15, -0.1) is 0 Å². The maximum Gasteiger partial charge on any atom is 0.163 e. The number of nitrogens with zero attached hydrogens (tertiary/aromatic N) is 1. The number of ether oxygens (including phenoxy) is 2. The van der Waals surface area contributed by atoms with Crippen molar-refractivity contribution >= 4 is 5.69 Å². The Hall–Kier alpha value is -1.46. The average molecular weight is 413 g/mol. The molecule has 1 heterocycles. The van der Waals surface area contributed by atoms with Gasteiger partial charge < -0.3 is 25.2 Å². The first kappa shape index (κ1) is 29.7. The van der Waals surface area contributed by atoms with Crippen LogP contribution in [0.4, 0.5) is 5.69 Å². The molecule has 3 N–H and O–H groups in total. The lowest BCUT2D eigenvalue weighted by atomic mass is 9.72. The van der Waals surface area contributed by atoms with Gasteiger partial charge in [-0.1, -0.05) is 41.5 Å². The van der Waals surface area contributed by atoms with Crippen molar-refractivity contribution in [2.24, 2.45) is 5.41 Å². The Morgan fingerprint density at radius 3 is 1.97 bits per heavy atom. The van der Waals surface area contributed by atoms with Gasteiger partial charge in [0.05, 0.1) is 13.2 Å². The predicted octanol–water partition coefficient (Wildman–Crippen LogP) is 5.61. The van der Waals surface area contributed by atoms with Gasteiger partial charge in [0.2, 0.25) is 0 Å². The molecule has 0 radical (unpaired) electrons. The molecule has 5 heteroatoms. The van der Waals surface area contributed by atoms with E-state index < -0.39 is 0 Å². The van der Waals surface area contributed by atoms with Gasteiger partial charge >= 0.3 is 0 Å². The van der Waals surface area contributed by atoms with Crippen LogP contribution in [-0.2, 0) is 0 Å².